The molecule has 0 fully saturated rings. The second-order valence-electron chi connectivity index (χ2n) is 4.35. The van der Waals surface area contributed by atoms with E-state index in [2.05, 4.69) is 4.98 Å². The van der Waals surface area contributed by atoms with Gasteiger partial charge in [-0.05, 0) is 30.3 Å². The summed E-state index contributed by atoms with van der Waals surface area (Å²) in [5.74, 6) is -2.96. The van der Waals surface area contributed by atoms with Crippen LogP contribution in [0.5, 0.6) is 5.75 Å². The van der Waals surface area contributed by atoms with Gasteiger partial charge in [-0.25, -0.2) is 9.69 Å². The quantitative estimate of drug-likeness (QED) is 0.804. The number of phenolic OH excluding ortho intramolecular Hbond substituents is 1. The van der Waals surface area contributed by atoms with Gasteiger partial charge in [0.2, 0.25) is 0 Å². The molecule has 3 rings (SSSR count). The highest BCUT2D eigenvalue weighted by Crippen LogP contribution is 2.31. The number of aromatic carboxylic acids is 1. The fourth-order valence-electron chi connectivity index (χ4n) is 2.18. The van der Waals surface area contributed by atoms with Gasteiger partial charge in [0.05, 0.1) is 16.8 Å². The summed E-state index contributed by atoms with van der Waals surface area (Å²) in [7, 11) is 0. The van der Waals surface area contributed by atoms with Crippen molar-refractivity contribution in [1.29, 1.82) is 0 Å². The molecule has 0 unspecified atom stereocenters. The van der Waals surface area contributed by atoms with Crippen LogP contribution in [-0.2, 0) is 0 Å². The van der Waals surface area contributed by atoms with E-state index in [9.17, 15) is 19.5 Å². The molecule has 2 aromatic rings. The molecule has 0 atom stereocenters. The summed E-state index contributed by atoms with van der Waals surface area (Å²) in [5.41, 5.74) is -0.350. The SMILES string of the molecule is O=C(O)c1cc(O)ccc1N1C(=O)c2cccnc2C1=O. The number of carboxylic acids is 1. The number of phenols is 1. The summed E-state index contributed by atoms with van der Waals surface area (Å²) in [4.78, 5) is 40.4. The Morgan fingerprint density at radius 3 is 2.57 bits per heavy atom. The second kappa shape index (κ2) is 4.41. The maximum atomic E-state index is 12.3. The van der Waals surface area contributed by atoms with Gasteiger partial charge in [0, 0.05) is 6.20 Å². The minimum atomic E-state index is -1.36. The van der Waals surface area contributed by atoms with E-state index in [0.29, 0.717) is 0 Å². The zero-order valence-electron chi connectivity index (χ0n) is 10.5. The van der Waals surface area contributed by atoms with E-state index >= 15 is 0 Å². The highest BCUT2D eigenvalue weighted by atomic mass is 16.4. The maximum absolute atomic E-state index is 12.3. The van der Waals surface area contributed by atoms with Crippen LogP contribution < -0.4 is 4.90 Å². The first-order valence-corrected chi connectivity index (χ1v) is 5.91. The first-order chi connectivity index (χ1) is 10.0. The molecule has 7 nitrogen and oxygen atoms in total. The molecule has 2 heterocycles. The van der Waals surface area contributed by atoms with E-state index in [1.165, 1.54) is 30.5 Å². The fourth-order valence-corrected chi connectivity index (χ4v) is 2.18. The van der Waals surface area contributed by atoms with Crippen LogP contribution in [0.1, 0.15) is 31.2 Å². The smallest absolute Gasteiger partial charge is 0.337 e. The molecule has 1 aromatic carbocycles. The molecule has 0 saturated carbocycles. The third-order valence-electron chi connectivity index (χ3n) is 3.10. The van der Waals surface area contributed by atoms with Crippen molar-refractivity contribution in [3.05, 3.63) is 53.3 Å². The Hall–Kier alpha value is -3.22. The Morgan fingerprint density at radius 2 is 1.90 bits per heavy atom. The van der Waals surface area contributed by atoms with Gasteiger partial charge in [-0.15, -0.1) is 0 Å². The van der Waals surface area contributed by atoms with E-state index in [-0.39, 0.29) is 28.3 Å². The number of nitrogens with zero attached hydrogens (tertiary/aromatic N) is 2. The molecule has 1 aliphatic heterocycles. The lowest BCUT2D eigenvalue weighted by Crippen LogP contribution is -2.31. The Kier molecular flexibility index (Phi) is 2.69. The van der Waals surface area contributed by atoms with Gasteiger partial charge in [0.25, 0.3) is 11.8 Å². The number of carboxylic acid groups (broad SMARTS) is 1. The molecule has 0 spiro atoms. The van der Waals surface area contributed by atoms with E-state index in [4.69, 9.17) is 5.11 Å². The average Bonchev–Trinajstić information content (AvgIpc) is 2.72. The van der Waals surface area contributed by atoms with Crippen molar-refractivity contribution < 1.29 is 24.6 Å². The van der Waals surface area contributed by atoms with Crippen LogP contribution >= 0.6 is 0 Å². The van der Waals surface area contributed by atoms with E-state index in [0.717, 1.165) is 11.0 Å². The first-order valence-electron chi connectivity index (χ1n) is 5.91. The lowest BCUT2D eigenvalue weighted by molar-refractivity contribution is 0.0697. The summed E-state index contributed by atoms with van der Waals surface area (Å²) >= 11 is 0. The lowest BCUT2D eigenvalue weighted by Gasteiger charge is -2.16. The van der Waals surface area contributed by atoms with Crippen molar-refractivity contribution in [3.63, 3.8) is 0 Å². The van der Waals surface area contributed by atoms with Crippen molar-refractivity contribution in [2.45, 2.75) is 0 Å². The van der Waals surface area contributed by atoms with Crippen LogP contribution in [0.25, 0.3) is 0 Å². The van der Waals surface area contributed by atoms with Crippen molar-refractivity contribution in [1.82, 2.24) is 4.98 Å². The summed E-state index contributed by atoms with van der Waals surface area (Å²) in [6.07, 6.45) is 1.38. The van der Waals surface area contributed by atoms with Crippen LogP contribution in [-0.4, -0.2) is 33.0 Å². The molecule has 0 radical (unpaired) electrons. The van der Waals surface area contributed by atoms with Gasteiger partial charge in [0.15, 0.2) is 0 Å². The van der Waals surface area contributed by atoms with Crippen molar-refractivity contribution >= 4 is 23.5 Å². The summed E-state index contributed by atoms with van der Waals surface area (Å²) < 4.78 is 0. The molecule has 0 aliphatic carbocycles. The summed E-state index contributed by atoms with van der Waals surface area (Å²) in [5, 5.41) is 18.5. The van der Waals surface area contributed by atoms with Crippen molar-refractivity contribution in [3.8, 4) is 5.75 Å². The van der Waals surface area contributed by atoms with E-state index in [1.807, 2.05) is 0 Å². The van der Waals surface area contributed by atoms with Crippen molar-refractivity contribution in [2.75, 3.05) is 4.90 Å². The Bertz CT molecular complexity index is 765. The van der Waals surface area contributed by atoms with Crippen LogP contribution in [0.3, 0.4) is 0 Å². The molecule has 2 N–H and O–H groups in total. The van der Waals surface area contributed by atoms with Gasteiger partial charge in [0.1, 0.15) is 11.4 Å². The number of benzene rings is 1. The number of hydrogen-bond acceptors (Lipinski definition) is 5. The zero-order chi connectivity index (χ0) is 15.1. The molecule has 21 heavy (non-hydrogen) atoms. The monoisotopic (exact) mass is 284 g/mol. The average molecular weight is 284 g/mol. The highest BCUT2D eigenvalue weighted by molar-refractivity contribution is 6.34. The van der Waals surface area contributed by atoms with Gasteiger partial charge in [-0.1, -0.05) is 0 Å². The second-order valence-corrected chi connectivity index (χ2v) is 4.35. The van der Waals surface area contributed by atoms with E-state index < -0.39 is 17.8 Å². The summed E-state index contributed by atoms with van der Waals surface area (Å²) in [6.45, 7) is 0. The summed E-state index contributed by atoms with van der Waals surface area (Å²) in [6, 6.07) is 6.36. The Morgan fingerprint density at radius 1 is 1.14 bits per heavy atom. The minimum absolute atomic E-state index is 0.0214. The molecule has 104 valence electrons. The van der Waals surface area contributed by atoms with Crippen LogP contribution in [0, 0.1) is 0 Å². The number of pyridine rings is 1. The van der Waals surface area contributed by atoms with Gasteiger partial charge in [-0.2, -0.15) is 0 Å². The van der Waals surface area contributed by atoms with Crippen LogP contribution in [0.4, 0.5) is 5.69 Å². The number of imide groups is 1. The number of rotatable bonds is 2. The first kappa shape index (κ1) is 12.8. The Labute approximate surface area is 118 Å². The normalized spacial score (nSPS) is 13.4. The number of aromatic hydroxyl groups is 1. The molecule has 1 aromatic heterocycles. The number of fused-ring (bicyclic) bond motifs is 1. The molecule has 1 aliphatic rings. The van der Waals surface area contributed by atoms with Crippen molar-refractivity contribution in [2.24, 2.45) is 0 Å². The lowest BCUT2D eigenvalue weighted by atomic mass is 10.1. The third kappa shape index (κ3) is 1.83. The highest BCUT2D eigenvalue weighted by Gasteiger charge is 2.39. The largest absolute Gasteiger partial charge is 0.508 e. The number of anilines is 1. The van der Waals surface area contributed by atoms with Crippen LogP contribution in [0.15, 0.2) is 36.5 Å². The number of hydrogen-bond donors (Lipinski definition) is 2. The van der Waals surface area contributed by atoms with Crippen LogP contribution in [0.2, 0.25) is 0 Å². The number of aromatic nitrogens is 1. The van der Waals surface area contributed by atoms with Gasteiger partial charge >= 0.3 is 5.97 Å². The van der Waals surface area contributed by atoms with Gasteiger partial charge < -0.3 is 10.2 Å². The molecule has 0 bridgehead atoms. The third-order valence-corrected chi connectivity index (χ3v) is 3.10. The molecule has 7 heteroatoms. The fraction of sp³-hybridized carbons (Fsp3) is 0. The molecule has 2 amide bonds. The number of amides is 2. The number of carbonyl (C=O) groups is 3. The molecule has 0 saturated heterocycles. The Balaban J connectivity index is 2.18. The standard InChI is InChI=1S/C14H8N2O5/c17-7-3-4-10(9(6-7)14(20)21)16-12(18)8-2-1-5-15-11(8)13(16)19/h1-6,17H,(H,20,21). The topological polar surface area (TPSA) is 108 Å². The zero-order valence-corrected chi connectivity index (χ0v) is 10.5. The predicted octanol–water partition coefficient (Wildman–Crippen LogP) is 1.29. The molecular weight excluding hydrogens is 276 g/mol. The molecular formula is C14H8N2O5. The van der Waals surface area contributed by atoms with Gasteiger partial charge in [-0.3, -0.25) is 14.6 Å². The maximum Gasteiger partial charge on any atom is 0.337 e. The minimum Gasteiger partial charge on any atom is -0.508 e. The van der Waals surface area contributed by atoms with E-state index in [1.54, 1.807) is 0 Å². The number of carbonyl (C=O) groups excluding carboxylic acids is 2. The predicted molar refractivity (Wildman–Crippen MR) is 70.4 cm³/mol.